The highest BCUT2D eigenvalue weighted by atomic mass is 32.2. The van der Waals surface area contributed by atoms with Crippen molar-refractivity contribution in [2.45, 2.75) is 11.3 Å². The molecule has 0 N–H and O–H groups in total. The molecule has 0 saturated heterocycles. The number of thioether (sulfide) groups is 1. The third-order valence-corrected chi connectivity index (χ3v) is 5.32. The molecule has 2 atom stereocenters. The van der Waals surface area contributed by atoms with Gasteiger partial charge in [0.05, 0.1) is 26.7 Å². The van der Waals surface area contributed by atoms with Crippen molar-refractivity contribution in [1.29, 1.82) is 0 Å². The smallest absolute Gasteiger partial charge is 0.184 e. The quantitative estimate of drug-likeness (QED) is 0.587. The fourth-order valence-corrected chi connectivity index (χ4v) is 3.95. The van der Waals surface area contributed by atoms with E-state index in [4.69, 9.17) is 23.3 Å². The standard InChI is InChI=1S/C20H18N2O4S/c1-23-14-8-7-13(11-17(14)24-2)12-21-20-22-18(15-5-3-9-25-15)19(27-20)16-6-4-10-26-16/h3-12,18-19H,1-2H3/t18-,19-/m0/s1. The largest absolute Gasteiger partial charge is 0.493 e. The van der Waals surface area contributed by atoms with Crippen molar-refractivity contribution in [3.63, 3.8) is 0 Å². The highest BCUT2D eigenvalue weighted by molar-refractivity contribution is 8.14. The van der Waals surface area contributed by atoms with Gasteiger partial charge in [-0.1, -0.05) is 11.8 Å². The van der Waals surface area contributed by atoms with E-state index in [0.717, 1.165) is 17.1 Å². The molecule has 0 saturated carbocycles. The molecule has 1 aliphatic rings. The van der Waals surface area contributed by atoms with Crippen molar-refractivity contribution >= 4 is 23.1 Å². The zero-order valence-electron chi connectivity index (χ0n) is 14.9. The third-order valence-electron chi connectivity index (χ3n) is 4.16. The van der Waals surface area contributed by atoms with Crippen LogP contribution in [0.2, 0.25) is 0 Å². The fraction of sp³-hybridized carbons (Fsp3) is 0.200. The Labute approximate surface area is 160 Å². The lowest BCUT2D eigenvalue weighted by Gasteiger charge is -2.11. The Balaban J connectivity index is 1.58. The van der Waals surface area contributed by atoms with E-state index in [0.29, 0.717) is 16.7 Å². The maximum absolute atomic E-state index is 5.59. The first-order chi connectivity index (χ1) is 13.3. The molecule has 4 rings (SSSR count). The summed E-state index contributed by atoms with van der Waals surface area (Å²) in [6.45, 7) is 0. The van der Waals surface area contributed by atoms with Crippen LogP contribution in [0.3, 0.4) is 0 Å². The van der Waals surface area contributed by atoms with Gasteiger partial charge in [0.1, 0.15) is 22.8 Å². The van der Waals surface area contributed by atoms with Crippen molar-refractivity contribution in [2.75, 3.05) is 14.2 Å². The van der Waals surface area contributed by atoms with E-state index in [9.17, 15) is 0 Å². The average molecular weight is 382 g/mol. The molecule has 0 aliphatic carbocycles. The second kappa shape index (κ2) is 7.75. The number of hydrogen-bond donors (Lipinski definition) is 0. The molecule has 0 radical (unpaired) electrons. The van der Waals surface area contributed by atoms with Crippen LogP contribution in [-0.2, 0) is 0 Å². The molecule has 0 spiro atoms. The van der Waals surface area contributed by atoms with Gasteiger partial charge >= 0.3 is 0 Å². The molecule has 7 heteroatoms. The second-order valence-electron chi connectivity index (χ2n) is 5.80. The van der Waals surface area contributed by atoms with E-state index < -0.39 is 0 Å². The molecule has 3 aromatic rings. The number of amidine groups is 1. The molecule has 27 heavy (non-hydrogen) atoms. The molecule has 2 aromatic heterocycles. The molecular formula is C20H18N2O4S. The van der Waals surface area contributed by atoms with Crippen LogP contribution >= 0.6 is 11.8 Å². The van der Waals surface area contributed by atoms with E-state index in [-0.39, 0.29) is 11.3 Å². The number of hydrogen-bond acceptors (Lipinski definition) is 7. The topological polar surface area (TPSA) is 69.5 Å². The van der Waals surface area contributed by atoms with Crippen LogP contribution in [0.15, 0.2) is 73.8 Å². The Morgan fingerprint density at radius 2 is 1.74 bits per heavy atom. The lowest BCUT2D eigenvalue weighted by atomic mass is 10.1. The van der Waals surface area contributed by atoms with Crippen molar-refractivity contribution in [3.05, 3.63) is 72.1 Å². The summed E-state index contributed by atoms with van der Waals surface area (Å²) in [5.74, 6) is 2.98. The Hall–Kier alpha value is -2.93. The third kappa shape index (κ3) is 3.64. The summed E-state index contributed by atoms with van der Waals surface area (Å²) in [7, 11) is 3.22. The van der Waals surface area contributed by atoms with Crippen LogP contribution in [0.5, 0.6) is 11.5 Å². The number of aliphatic imine (C=N–C) groups is 2. The van der Waals surface area contributed by atoms with Crippen molar-refractivity contribution in [2.24, 2.45) is 9.98 Å². The first kappa shape index (κ1) is 17.5. The predicted octanol–water partition coefficient (Wildman–Crippen LogP) is 4.89. The average Bonchev–Trinajstić information content (AvgIpc) is 3.46. The summed E-state index contributed by atoms with van der Waals surface area (Å²) in [4.78, 5) is 9.28. The van der Waals surface area contributed by atoms with Gasteiger partial charge in [-0.25, -0.2) is 9.98 Å². The number of nitrogens with zero attached hydrogens (tertiary/aromatic N) is 2. The van der Waals surface area contributed by atoms with E-state index >= 15 is 0 Å². The summed E-state index contributed by atoms with van der Waals surface area (Å²) in [5, 5.41) is 0.663. The first-order valence-corrected chi connectivity index (χ1v) is 9.24. The van der Waals surface area contributed by atoms with Gasteiger partial charge in [0.25, 0.3) is 0 Å². The van der Waals surface area contributed by atoms with E-state index in [2.05, 4.69) is 4.99 Å². The maximum Gasteiger partial charge on any atom is 0.184 e. The van der Waals surface area contributed by atoms with Crippen LogP contribution in [0.1, 0.15) is 28.4 Å². The molecular weight excluding hydrogens is 364 g/mol. The monoisotopic (exact) mass is 382 g/mol. The summed E-state index contributed by atoms with van der Waals surface area (Å²) >= 11 is 1.55. The normalized spacial score (nSPS) is 19.4. The molecule has 0 amide bonds. The van der Waals surface area contributed by atoms with Crippen LogP contribution in [-0.4, -0.2) is 25.6 Å². The summed E-state index contributed by atoms with van der Waals surface area (Å²) < 4.78 is 21.8. The minimum absolute atomic E-state index is 0.0105. The molecule has 0 bridgehead atoms. The SMILES string of the molecule is COc1ccc(C=NC2=N[C@@H](c3ccco3)[C@H](c3ccco3)S2)cc1OC. The maximum atomic E-state index is 5.59. The fourth-order valence-electron chi connectivity index (χ4n) is 2.86. The zero-order chi connectivity index (χ0) is 18.6. The molecule has 0 fully saturated rings. The lowest BCUT2D eigenvalue weighted by Crippen LogP contribution is -1.99. The minimum Gasteiger partial charge on any atom is -0.493 e. The Bertz CT molecular complexity index is 949. The van der Waals surface area contributed by atoms with Gasteiger partial charge in [0, 0.05) is 6.21 Å². The highest BCUT2D eigenvalue weighted by Crippen LogP contribution is 2.48. The van der Waals surface area contributed by atoms with E-state index in [1.807, 2.05) is 42.5 Å². The van der Waals surface area contributed by atoms with Crippen molar-refractivity contribution in [1.82, 2.24) is 0 Å². The Morgan fingerprint density at radius 3 is 2.41 bits per heavy atom. The van der Waals surface area contributed by atoms with Gasteiger partial charge in [0.15, 0.2) is 16.7 Å². The molecule has 1 aromatic carbocycles. The van der Waals surface area contributed by atoms with Gasteiger partial charge in [-0.05, 0) is 48.0 Å². The molecule has 1 aliphatic heterocycles. The van der Waals surface area contributed by atoms with Crippen LogP contribution in [0.25, 0.3) is 0 Å². The number of furan rings is 2. The van der Waals surface area contributed by atoms with Gasteiger partial charge in [-0.15, -0.1) is 0 Å². The Morgan fingerprint density at radius 1 is 1.00 bits per heavy atom. The first-order valence-electron chi connectivity index (χ1n) is 8.36. The van der Waals surface area contributed by atoms with Gasteiger partial charge in [-0.3, -0.25) is 0 Å². The zero-order valence-corrected chi connectivity index (χ0v) is 15.7. The molecule has 3 heterocycles. The van der Waals surface area contributed by atoms with Crippen LogP contribution in [0, 0.1) is 0 Å². The van der Waals surface area contributed by atoms with Gasteiger partial charge < -0.3 is 18.3 Å². The summed E-state index contributed by atoms with van der Waals surface area (Å²) in [5.41, 5.74) is 0.895. The van der Waals surface area contributed by atoms with E-state index in [1.54, 1.807) is 44.7 Å². The Kier molecular flexibility index (Phi) is 5.02. The van der Waals surface area contributed by atoms with Crippen LogP contribution < -0.4 is 9.47 Å². The van der Waals surface area contributed by atoms with Crippen molar-refractivity contribution < 1.29 is 18.3 Å². The predicted molar refractivity (Wildman–Crippen MR) is 105 cm³/mol. The number of rotatable bonds is 5. The van der Waals surface area contributed by atoms with Gasteiger partial charge in [-0.2, -0.15) is 0 Å². The lowest BCUT2D eigenvalue weighted by molar-refractivity contribution is 0.355. The summed E-state index contributed by atoms with van der Waals surface area (Å²) in [6.07, 6.45) is 5.08. The van der Waals surface area contributed by atoms with E-state index in [1.165, 1.54) is 0 Å². The summed E-state index contributed by atoms with van der Waals surface area (Å²) in [6, 6.07) is 13.1. The molecule has 138 valence electrons. The second-order valence-corrected chi connectivity index (χ2v) is 6.91. The minimum atomic E-state index is -0.172. The van der Waals surface area contributed by atoms with Crippen molar-refractivity contribution in [3.8, 4) is 11.5 Å². The number of methoxy groups -OCH3 is 2. The number of benzene rings is 1. The number of ether oxygens (including phenoxy) is 2. The van der Waals surface area contributed by atoms with Gasteiger partial charge in [0.2, 0.25) is 0 Å². The molecule has 0 unspecified atom stereocenters. The molecule has 6 nitrogen and oxygen atoms in total. The van der Waals surface area contributed by atoms with Crippen LogP contribution in [0.4, 0.5) is 0 Å². The highest BCUT2D eigenvalue weighted by Gasteiger charge is 2.36.